The highest BCUT2D eigenvalue weighted by Gasteiger charge is 2.35. The maximum Gasteiger partial charge on any atom is 0.237 e. The summed E-state index contributed by atoms with van der Waals surface area (Å²) in [7, 11) is 0. The summed E-state index contributed by atoms with van der Waals surface area (Å²) >= 11 is 0. The fraction of sp³-hybridized carbons (Fsp3) is 0.917. The molecular weight excluding hydrogens is 204 g/mol. The van der Waals surface area contributed by atoms with Crippen molar-refractivity contribution >= 4 is 5.91 Å². The van der Waals surface area contributed by atoms with E-state index in [2.05, 4.69) is 12.2 Å². The Balaban J connectivity index is 2.42. The molecule has 0 aromatic carbocycles. The van der Waals surface area contributed by atoms with Crippen LogP contribution in [-0.4, -0.2) is 29.2 Å². The third-order valence-electron chi connectivity index (χ3n) is 3.46. The zero-order chi connectivity index (χ0) is 12.0. The van der Waals surface area contributed by atoms with Crippen molar-refractivity contribution in [1.29, 1.82) is 0 Å². The zero-order valence-corrected chi connectivity index (χ0v) is 10.2. The van der Waals surface area contributed by atoms with Gasteiger partial charge in [0.05, 0.1) is 18.2 Å². The molecule has 1 rings (SSSR count). The molecule has 0 saturated heterocycles. The first-order valence-corrected chi connectivity index (χ1v) is 6.32. The predicted octanol–water partition coefficient (Wildman–Crippen LogP) is 0.925. The Kier molecular flexibility index (Phi) is 5.22. The first kappa shape index (κ1) is 13.5. The van der Waals surface area contributed by atoms with Gasteiger partial charge in [-0.3, -0.25) is 4.79 Å². The normalized spacial score (nSPS) is 20.7. The molecule has 1 amide bonds. The van der Waals surface area contributed by atoms with Gasteiger partial charge in [-0.05, 0) is 19.3 Å². The Hall–Kier alpha value is -0.610. The average molecular weight is 228 g/mol. The van der Waals surface area contributed by atoms with E-state index in [1.165, 1.54) is 0 Å². The number of carbonyl (C=O) groups excluding carboxylic acids is 1. The van der Waals surface area contributed by atoms with Crippen LogP contribution in [0.25, 0.3) is 0 Å². The highest BCUT2D eigenvalue weighted by atomic mass is 16.3. The number of amides is 1. The molecule has 1 fully saturated rings. The van der Waals surface area contributed by atoms with Crippen molar-refractivity contribution in [1.82, 2.24) is 5.32 Å². The van der Waals surface area contributed by atoms with Crippen LogP contribution in [0, 0.1) is 0 Å². The molecule has 0 aliphatic heterocycles. The van der Waals surface area contributed by atoms with E-state index in [9.17, 15) is 9.90 Å². The van der Waals surface area contributed by atoms with Crippen LogP contribution in [0.5, 0.6) is 0 Å². The molecular formula is C12H24N2O2. The number of nitrogens with two attached hydrogens (primary N) is 1. The molecule has 4 nitrogen and oxygen atoms in total. The van der Waals surface area contributed by atoms with Crippen molar-refractivity contribution in [3.05, 3.63) is 0 Å². The molecule has 1 atom stereocenters. The van der Waals surface area contributed by atoms with E-state index in [1.54, 1.807) is 0 Å². The summed E-state index contributed by atoms with van der Waals surface area (Å²) in [6.45, 7) is 2.11. The molecule has 0 aromatic heterocycles. The minimum absolute atomic E-state index is 0.0270. The van der Waals surface area contributed by atoms with Crippen molar-refractivity contribution in [3.63, 3.8) is 0 Å². The molecule has 94 valence electrons. The fourth-order valence-electron chi connectivity index (χ4n) is 2.28. The number of hydrogen-bond donors (Lipinski definition) is 3. The van der Waals surface area contributed by atoms with Crippen LogP contribution in [0.3, 0.4) is 0 Å². The third kappa shape index (κ3) is 3.46. The van der Waals surface area contributed by atoms with Crippen LogP contribution >= 0.6 is 0 Å². The molecule has 0 bridgehead atoms. The molecule has 4 heteroatoms. The van der Waals surface area contributed by atoms with E-state index in [0.29, 0.717) is 0 Å². The number of aliphatic hydroxyl groups is 1. The number of aliphatic hydroxyl groups excluding tert-OH is 1. The van der Waals surface area contributed by atoms with Gasteiger partial charge >= 0.3 is 0 Å². The largest absolute Gasteiger partial charge is 0.394 e. The van der Waals surface area contributed by atoms with Crippen molar-refractivity contribution in [2.24, 2.45) is 5.73 Å². The van der Waals surface area contributed by atoms with Crippen molar-refractivity contribution in [2.45, 2.75) is 63.5 Å². The molecule has 1 aliphatic rings. The zero-order valence-electron chi connectivity index (χ0n) is 10.2. The lowest BCUT2D eigenvalue weighted by Gasteiger charge is -2.29. The van der Waals surface area contributed by atoms with Gasteiger partial charge in [0, 0.05) is 0 Å². The molecule has 1 aliphatic carbocycles. The highest BCUT2D eigenvalue weighted by molar-refractivity contribution is 5.82. The number of carbonyl (C=O) groups is 1. The lowest BCUT2D eigenvalue weighted by molar-refractivity contribution is -0.125. The smallest absolute Gasteiger partial charge is 0.237 e. The minimum Gasteiger partial charge on any atom is -0.394 e. The molecule has 0 unspecified atom stereocenters. The van der Waals surface area contributed by atoms with E-state index in [1.807, 2.05) is 0 Å². The summed E-state index contributed by atoms with van der Waals surface area (Å²) in [6.07, 6.45) is 6.64. The Bertz CT molecular complexity index is 225. The fourth-order valence-corrected chi connectivity index (χ4v) is 2.28. The van der Waals surface area contributed by atoms with Gasteiger partial charge < -0.3 is 16.2 Å². The maximum absolute atomic E-state index is 11.8. The van der Waals surface area contributed by atoms with Crippen LogP contribution in [0.1, 0.15) is 51.9 Å². The lowest BCUT2D eigenvalue weighted by Crippen LogP contribution is -2.54. The van der Waals surface area contributed by atoms with Gasteiger partial charge in [0.2, 0.25) is 5.91 Å². The average Bonchev–Trinajstić information content (AvgIpc) is 2.75. The second-order valence-corrected chi connectivity index (χ2v) is 4.88. The predicted molar refractivity (Wildman–Crippen MR) is 63.9 cm³/mol. The standard InChI is InChI=1S/C12H24N2O2/c1-2-3-6-10(13)11(16)14-12(9-15)7-4-5-8-12/h10,15H,2-9,13H2,1H3,(H,14,16)/t10-/m0/s1. The first-order valence-electron chi connectivity index (χ1n) is 6.32. The van der Waals surface area contributed by atoms with E-state index < -0.39 is 6.04 Å². The second-order valence-electron chi connectivity index (χ2n) is 4.88. The summed E-state index contributed by atoms with van der Waals surface area (Å²) in [5.41, 5.74) is 5.41. The summed E-state index contributed by atoms with van der Waals surface area (Å²) in [6, 6.07) is -0.427. The summed E-state index contributed by atoms with van der Waals surface area (Å²) in [5.74, 6) is -0.107. The first-order chi connectivity index (χ1) is 7.63. The quantitative estimate of drug-likeness (QED) is 0.633. The Morgan fingerprint density at radius 3 is 2.62 bits per heavy atom. The van der Waals surface area contributed by atoms with Crippen LogP contribution in [0.4, 0.5) is 0 Å². The summed E-state index contributed by atoms with van der Waals surface area (Å²) in [5, 5.41) is 12.3. The Morgan fingerprint density at radius 1 is 1.50 bits per heavy atom. The highest BCUT2D eigenvalue weighted by Crippen LogP contribution is 2.29. The number of rotatable bonds is 6. The van der Waals surface area contributed by atoms with Crippen LogP contribution in [0.2, 0.25) is 0 Å². The van der Waals surface area contributed by atoms with Crippen molar-refractivity contribution in [3.8, 4) is 0 Å². The Morgan fingerprint density at radius 2 is 2.12 bits per heavy atom. The van der Waals surface area contributed by atoms with Crippen LogP contribution < -0.4 is 11.1 Å². The summed E-state index contributed by atoms with van der Waals surface area (Å²) in [4.78, 5) is 11.8. The van der Waals surface area contributed by atoms with Gasteiger partial charge in [-0.2, -0.15) is 0 Å². The van der Waals surface area contributed by atoms with E-state index in [4.69, 9.17) is 5.73 Å². The number of nitrogens with one attached hydrogen (secondary N) is 1. The van der Waals surface area contributed by atoms with Crippen LogP contribution in [-0.2, 0) is 4.79 Å². The van der Waals surface area contributed by atoms with Gasteiger partial charge in [0.1, 0.15) is 0 Å². The van der Waals surface area contributed by atoms with E-state index in [0.717, 1.165) is 44.9 Å². The molecule has 16 heavy (non-hydrogen) atoms. The molecule has 0 aromatic rings. The van der Waals surface area contributed by atoms with Crippen molar-refractivity contribution in [2.75, 3.05) is 6.61 Å². The van der Waals surface area contributed by atoms with E-state index >= 15 is 0 Å². The van der Waals surface area contributed by atoms with Gasteiger partial charge in [-0.1, -0.05) is 32.6 Å². The van der Waals surface area contributed by atoms with Crippen LogP contribution in [0.15, 0.2) is 0 Å². The molecule has 1 saturated carbocycles. The van der Waals surface area contributed by atoms with Gasteiger partial charge in [0.25, 0.3) is 0 Å². The summed E-state index contributed by atoms with van der Waals surface area (Å²) < 4.78 is 0. The topological polar surface area (TPSA) is 75.4 Å². The Labute approximate surface area is 97.6 Å². The number of unbranched alkanes of at least 4 members (excludes halogenated alkanes) is 1. The number of hydrogen-bond acceptors (Lipinski definition) is 3. The molecule has 0 spiro atoms. The SMILES string of the molecule is CCCC[C@H](N)C(=O)NC1(CO)CCCC1. The van der Waals surface area contributed by atoms with Crippen molar-refractivity contribution < 1.29 is 9.90 Å². The van der Waals surface area contributed by atoms with E-state index in [-0.39, 0.29) is 18.1 Å². The maximum atomic E-state index is 11.8. The van der Waals surface area contributed by atoms with Gasteiger partial charge in [-0.25, -0.2) is 0 Å². The molecule has 0 heterocycles. The lowest BCUT2D eigenvalue weighted by atomic mass is 9.98. The molecule has 0 radical (unpaired) electrons. The molecule has 4 N–H and O–H groups in total. The van der Waals surface area contributed by atoms with Gasteiger partial charge in [0.15, 0.2) is 0 Å². The third-order valence-corrected chi connectivity index (χ3v) is 3.46. The monoisotopic (exact) mass is 228 g/mol. The van der Waals surface area contributed by atoms with Gasteiger partial charge in [-0.15, -0.1) is 0 Å². The second kappa shape index (κ2) is 6.21. The minimum atomic E-state index is -0.427.